The van der Waals surface area contributed by atoms with E-state index in [9.17, 15) is 14.4 Å². The van der Waals surface area contributed by atoms with Crippen LogP contribution in [0.15, 0.2) is 36.4 Å². The van der Waals surface area contributed by atoms with Gasteiger partial charge in [-0.15, -0.1) is 12.6 Å². The van der Waals surface area contributed by atoms with Crippen LogP contribution in [0, 0.1) is 13.8 Å². The lowest BCUT2D eigenvalue weighted by atomic mass is 10.0. The fourth-order valence-corrected chi connectivity index (χ4v) is 2.65. The first-order chi connectivity index (χ1) is 12.6. The lowest BCUT2D eigenvalue weighted by Gasteiger charge is -2.06. The molecule has 0 bridgehead atoms. The van der Waals surface area contributed by atoms with Crippen LogP contribution in [0.4, 0.5) is 0 Å². The van der Waals surface area contributed by atoms with E-state index < -0.39 is 0 Å². The molecule has 0 aliphatic heterocycles. The lowest BCUT2D eigenvalue weighted by Crippen LogP contribution is -2.03. The quantitative estimate of drug-likeness (QED) is 0.453. The highest BCUT2D eigenvalue weighted by Gasteiger charge is 2.08. The number of hydrogen-bond donors (Lipinski definition) is 1. The lowest BCUT2D eigenvalue weighted by molar-refractivity contribution is 0.100. The molecule has 6 heteroatoms. The largest absolute Gasteiger partial charge is 0.486 e. The molecule has 0 atom stereocenters. The van der Waals surface area contributed by atoms with Crippen molar-refractivity contribution in [2.24, 2.45) is 0 Å². The van der Waals surface area contributed by atoms with Gasteiger partial charge in [0.25, 0.3) is 0 Å². The number of carbonyl (C=O) groups excluding carboxylic acids is 3. The van der Waals surface area contributed by atoms with Crippen LogP contribution in [0.25, 0.3) is 0 Å². The summed E-state index contributed by atoms with van der Waals surface area (Å²) < 4.78 is 4.93. The number of ketones is 2. The highest BCUT2D eigenvalue weighted by atomic mass is 32.1. The number of ether oxygens (including phenoxy) is 1. The average Bonchev–Trinajstić information content (AvgIpc) is 2.61. The zero-order valence-corrected chi connectivity index (χ0v) is 17.7. The molecular weight excluding hydrogens is 380 g/mol. The number of thiocarbonyl (C=S) groups is 1. The summed E-state index contributed by atoms with van der Waals surface area (Å²) in [7, 11) is 1.52. The van der Waals surface area contributed by atoms with Gasteiger partial charge in [0.2, 0.25) is 5.12 Å². The van der Waals surface area contributed by atoms with Crippen molar-refractivity contribution in [3.63, 3.8) is 0 Å². The van der Waals surface area contributed by atoms with Gasteiger partial charge < -0.3 is 4.74 Å². The highest BCUT2D eigenvalue weighted by molar-refractivity contribution is 7.97. The minimum absolute atomic E-state index is 0.0334. The molecule has 2 aromatic carbocycles. The van der Waals surface area contributed by atoms with Gasteiger partial charge in [-0.1, -0.05) is 24.3 Å². The molecule has 0 N–H and O–H groups in total. The van der Waals surface area contributed by atoms with Crippen LogP contribution in [-0.4, -0.2) is 28.8 Å². The summed E-state index contributed by atoms with van der Waals surface area (Å²) in [6.45, 7) is 6.76. The van der Waals surface area contributed by atoms with Gasteiger partial charge in [-0.3, -0.25) is 14.4 Å². The van der Waals surface area contributed by atoms with Crippen molar-refractivity contribution in [3.8, 4) is 0 Å². The van der Waals surface area contributed by atoms with Crippen molar-refractivity contribution in [1.29, 1.82) is 0 Å². The molecule has 0 amide bonds. The average molecular weight is 403 g/mol. The predicted molar refractivity (Wildman–Crippen MR) is 114 cm³/mol. The van der Waals surface area contributed by atoms with E-state index in [4.69, 9.17) is 17.0 Å². The second kappa shape index (κ2) is 10.1. The monoisotopic (exact) mass is 402 g/mol. The maximum Gasteiger partial charge on any atom is 0.216 e. The van der Waals surface area contributed by atoms with Crippen molar-refractivity contribution < 1.29 is 19.1 Å². The van der Waals surface area contributed by atoms with Gasteiger partial charge in [-0.05, 0) is 63.2 Å². The second-order valence-corrected chi connectivity index (χ2v) is 6.75. The molecule has 27 heavy (non-hydrogen) atoms. The molecule has 4 nitrogen and oxygen atoms in total. The van der Waals surface area contributed by atoms with Gasteiger partial charge in [0.05, 0.1) is 7.11 Å². The molecule has 2 aromatic rings. The molecular formula is C21H22O4S2. The van der Waals surface area contributed by atoms with Crippen molar-refractivity contribution in [3.05, 3.63) is 69.8 Å². The van der Waals surface area contributed by atoms with Gasteiger partial charge in [0.1, 0.15) is 0 Å². The number of aryl methyl sites for hydroxylation is 2. The third-order valence-corrected chi connectivity index (χ3v) is 4.56. The van der Waals surface area contributed by atoms with E-state index in [2.05, 4.69) is 12.6 Å². The van der Waals surface area contributed by atoms with E-state index in [1.165, 1.54) is 14.0 Å². The Hall–Kier alpha value is -2.31. The van der Waals surface area contributed by atoms with Crippen LogP contribution in [0.2, 0.25) is 0 Å². The molecule has 0 spiro atoms. The van der Waals surface area contributed by atoms with Crippen LogP contribution >= 0.6 is 24.8 Å². The van der Waals surface area contributed by atoms with Crippen LogP contribution in [0.5, 0.6) is 0 Å². The van der Waals surface area contributed by atoms with Gasteiger partial charge in [-0.2, -0.15) is 0 Å². The van der Waals surface area contributed by atoms with Crippen LogP contribution in [0.3, 0.4) is 0 Å². The Morgan fingerprint density at radius 3 is 1.63 bits per heavy atom. The molecule has 0 heterocycles. The van der Waals surface area contributed by atoms with Crippen LogP contribution in [0.1, 0.15) is 61.6 Å². The molecule has 0 saturated heterocycles. The number of benzene rings is 2. The Labute approximate surface area is 170 Å². The third-order valence-electron chi connectivity index (χ3n) is 3.90. The van der Waals surface area contributed by atoms with E-state index in [1.54, 1.807) is 31.2 Å². The van der Waals surface area contributed by atoms with Crippen LogP contribution < -0.4 is 0 Å². The number of methoxy groups -OCH3 is 1. The fourth-order valence-electron chi connectivity index (χ4n) is 2.38. The van der Waals surface area contributed by atoms with Gasteiger partial charge >= 0.3 is 0 Å². The van der Waals surface area contributed by atoms with Gasteiger partial charge in [0.15, 0.2) is 16.6 Å². The van der Waals surface area contributed by atoms with Crippen LogP contribution in [-0.2, 0) is 4.74 Å². The molecule has 0 radical (unpaired) electrons. The minimum Gasteiger partial charge on any atom is -0.486 e. The Morgan fingerprint density at radius 2 is 1.26 bits per heavy atom. The molecule has 0 saturated carbocycles. The van der Waals surface area contributed by atoms with Crippen molar-refractivity contribution in [2.75, 3.05) is 7.11 Å². The van der Waals surface area contributed by atoms with Gasteiger partial charge in [-0.25, -0.2) is 0 Å². The smallest absolute Gasteiger partial charge is 0.216 e. The number of carbonyl (C=O) groups is 3. The van der Waals surface area contributed by atoms with Crippen molar-refractivity contribution in [1.82, 2.24) is 0 Å². The minimum atomic E-state index is -0.317. The number of hydrogen-bond acceptors (Lipinski definition) is 5. The Morgan fingerprint density at radius 1 is 0.852 bits per heavy atom. The van der Waals surface area contributed by atoms with E-state index in [-0.39, 0.29) is 16.7 Å². The topological polar surface area (TPSA) is 60.4 Å². The zero-order valence-electron chi connectivity index (χ0n) is 16.0. The van der Waals surface area contributed by atoms with E-state index in [0.717, 1.165) is 16.7 Å². The predicted octanol–water partition coefficient (Wildman–Crippen LogP) is 4.79. The zero-order chi connectivity index (χ0) is 20.7. The third kappa shape index (κ3) is 6.41. The molecule has 142 valence electrons. The maximum absolute atomic E-state index is 11.2. The van der Waals surface area contributed by atoms with E-state index >= 15 is 0 Å². The fraction of sp³-hybridized carbons (Fsp3) is 0.238. The Balaban J connectivity index is 0.000000271. The first-order valence-electron chi connectivity index (χ1n) is 8.13. The summed E-state index contributed by atoms with van der Waals surface area (Å²) in [6, 6.07) is 10.5. The summed E-state index contributed by atoms with van der Waals surface area (Å²) in [4.78, 5) is 33.2. The molecule has 0 aliphatic rings. The summed E-state index contributed by atoms with van der Waals surface area (Å²) in [6.07, 6.45) is 0. The summed E-state index contributed by atoms with van der Waals surface area (Å²) in [5, 5.41) is 0.0926. The van der Waals surface area contributed by atoms with Crippen molar-refractivity contribution in [2.45, 2.75) is 27.7 Å². The molecule has 0 aliphatic carbocycles. The standard InChI is InChI=1S/C11H12O2S.C10H10O2S/c1-7-4-5-9(11(14)13-3)6-10(7)8(2)12;1-6-3-4-8(10(12)13)5-9(6)7(2)11/h4-6H,1-3H3;3-5H,1-2H3,(H,12,13). The first kappa shape index (κ1) is 22.7. The number of Topliss-reactive ketones (excluding diaryl/α,β-unsaturated/α-hetero) is 2. The normalized spacial score (nSPS) is 9.70. The number of rotatable bonds is 4. The molecule has 0 aromatic heterocycles. The molecule has 0 fully saturated rings. The summed E-state index contributed by atoms with van der Waals surface area (Å²) >= 11 is 8.66. The highest BCUT2D eigenvalue weighted by Crippen LogP contribution is 2.14. The number of thiol groups is 1. The Bertz CT molecular complexity index is 901. The summed E-state index contributed by atoms with van der Waals surface area (Å²) in [5.74, 6) is 0.0113. The SMILES string of the molecule is CC(=O)c1cc(C(=O)S)ccc1C.COC(=S)c1ccc(C)c(C(C)=O)c1. The van der Waals surface area contributed by atoms with E-state index in [0.29, 0.717) is 21.7 Å². The Kier molecular flexibility index (Phi) is 8.53. The second-order valence-electron chi connectivity index (χ2n) is 5.97. The van der Waals surface area contributed by atoms with Crippen molar-refractivity contribution >= 4 is 46.6 Å². The maximum atomic E-state index is 11.2. The van der Waals surface area contributed by atoms with Gasteiger partial charge in [0, 0.05) is 22.3 Å². The van der Waals surface area contributed by atoms with E-state index in [1.807, 2.05) is 26.0 Å². The summed E-state index contributed by atoms with van der Waals surface area (Å²) in [5.41, 5.74) is 4.35. The molecule has 2 rings (SSSR count). The first-order valence-corrected chi connectivity index (χ1v) is 8.98. The molecule has 0 unspecified atom stereocenters.